The fraction of sp³-hybridized carbons (Fsp3) is 0.400. The van der Waals surface area contributed by atoms with Gasteiger partial charge in [0.05, 0.1) is 12.1 Å². The number of carboxylic acid groups (broad SMARTS) is 1. The van der Waals surface area contributed by atoms with Gasteiger partial charge >= 0.3 is 6.09 Å². The number of amides is 1. The second-order valence-electron chi connectivity index (χ2n) is 4.83. The van der Waals surface area contributed by atoms with Gasteiger partial charge in [0, 0.05) is 26.2 Å². The summed E-state index contributed by atoms with van der Waals surface area (Å²) >= 11 is 0. The summed E-state index contributed by atoms with van der Waals surface area (Å²) in [5, 5.41) is 8.84. The van der Waals surface area contributed by atoms with Crippen LogP contribution in [0.1, 0.15) is 11.1 Å². The van der Waals surface area contributed by atoms with Crippen molar-refractivity contribution in [2.24, 2.45) is 0 Å². The van der Waals surface area contributed by atoms with Crippen molar-refractivity contribution in [1.29, 1.82) is 0 Å². The van der Waals surface area contributed by atoms with Crippen LogP contribution >= 0.6 is 0 Å². The van der Waals surface area contributed by atoms with Crippen molar-refractivity contribution in [3.8, 4) is 11.8 Å². The Hall–Kier alpha value is -2.06. The number of nitrogens with zero attached hydrogens (tertiary/aromatic N) is 2. The van der Waals surface area contributed by atoms with Gasteiger partial charge in [-0.15, -0.1) is 0 Å². The third-order valence-electron chi connectivity index (χ3n) is 3.29. The van der Waals surface area contributed by atoms with Crippen LogP contribution in [-0.4, -0.2) is 53.7 Å². The van der Waals surface area contributed by atoms with Crippen LogP contribution in [0.3, 0.4) is 0 Å². The Balaban J connectivity index is 1.89. The SMILES string of the molecule is Cc1ccc(F)c(C#CCN2CCN(C(=O)O)CC2)c1. The number of aryl methyl sites for hydroxylation is 1. The van der Waals surface area contributed by atoms with Crippen molar-refractivity contribution in [3.63, 3.8) is 0 Å². The Kier molecular flexibility index (Phi) is 4.59. The molecule has 1 aliphatic heterocycles. The number of carbonyl (C=O) groups is 1. The number of rotatable bonds is 1. The molecular formula is C15H17FN2O2. The van der Waals surface area contributed by atoms with Crippen LogP contribution in [0.5, 0.6) is 0 Å². The summed E-state index contributed by atoms with van der Waals surface area (Å²) in [5.41, 5.74) is 1.39. The monoisotopic (exact) mass is 276 g/mol. The summed E-state index contributed by atoms with van der Waals surface area (Å²) in [5.74, 6) is 5.49. The van der Waals surface area contributed by atoms with Crippen LogP contribution in [0.2, 0.25) is 0 Å². The first-order valence-corrected chi connectivity index (χ1v) is 6.51. The molecule has 1 aromatic rings. The van der Waals surface area contributed by atoms with E-state index in [1.54, 1.807) is 12.1 Å². The second kappa shape index (κ2) is 6.40. The van der Waals surface area contributed by atoms with Crippen molar-refractivity contribution in [2.75, 3.05) is 32.7 Å². The van der Waals surface area contributed by atoms with E-state index in [1.807, 2.05) is 6.92 Å². The molecule has 0 aromatic heterocycles. The molecule has 1 aromatic carbocycles. The summed E-state index contributed by atoms with van der Waals surface area (Å²) < 4.78 is 13.5. The molecule has 0 radical (unpaired) electrons. The van der Waals surface area contributed by atoms with E-state index in [2.05, 4.69) is 16.7 Å². The van der Waals surface area contributed by atoms with Crippen LogP contribution in [0.25, 0.3) is 0 Å². The number of halogens is 1. The van der Waals surface area contributed by atoms with E-state index in [0.29, 0.717) is 38.3 Å². The first-order valence-electron chi connectivity index (χ1n) is 6.51. The average molecular weight is 276 g/mol. The van der Waals surface area contributed by atoms with Crippen LogP contribution in [0, 0.1) is 24.6 Å². The highest BCUT2D eigenvalue weighted by Gasteiger charge is 2.19. The van der Waals surface area contributed by atoms with Gasteiger partial charge in [0.1, 0.15) is 5.82 Å². The Bertz CT molecular complexity index is 555. The Morgan fingerprint density at radius 2 is 2.05 bits per heavy atom. The van der Waals surface area contributed by atoms with Crippen molar-refractivity contribution in [1.82, 2.24) is 9.80 Å². The topological polar surface area (TPSA) is 43.8 Å². The highest BCUT2D eigenvalue weighted by atomic mass is 19.1. The third-order valence-corrected chi connectivity index (χ3v) is 3.29. The van der Waals surface area contributed by atoms with Gasteiger partial charge in [-0.1, -0.05) is 17.9 Å². The molecule has 5 heteroatoms. The third kappa shape index (κ3) is 3.72. The zero-order valence-electron chi connectivity index (χ0n) is 11.4. The van der Waals surface area contributed by atoms with Gasteiger partial charge in [0.2, 0.25) is 0 Å². The standard InChI is InChI=1S/C15H17FN2O2/c1-12-4-5-14(16)13(11-12)3-2-6-17-7-9-18(10-8-17)15(19)20/h4-5,11H,6-10H2,1H3,(H,19,20). The first-order chi connectivity index (χ1) is 9.56. The number of piperazine rings is 1. The van der Waals surface area contributed by atoms with Gasteiger partial charge in [0.15, 0.2) is 0 Å². The quantitative estimate of drug-likeness (QED) is 0.795. The number of hydrogen-bond acceptors (Lipinski definition) is 2. The lowest BCUT2D eigenvalue weighted by Gasteiger charge is -2.31. The maximum Gasteiger partial charge on any atom is 0.407 e. The fourth-order valence-corrected chi connectivity index (χ4v) is 2.08. The molecule has 1 fully saturated rings. The molecule has 1 heterocycles. The van der Waals surface area contributed by atoms with E-state index in [4.69, 9.17) is 5.11 Å². The predicted octanol–water partition coefficient (Wildman–Crippen LogP) is 1.78. The maximum absolute atomic E-state index is 13.5. The Morgan fingerprint density at radius 3 is 2.70 bits per heavy atom. The molecule has 1 aliphatic rings. The molecule has 0 bridgehead atoms. The Labute approximate surface area is 117 Å². The lowest BCUT2D eigenvalue weighted by Crippen LogP contribution is -2.48. The average Bonchev–Trinajstić information content (AvgIpc) is 2.43. The van der Waals surface area contributed by atoms with E-state index in [9.17, 15) is 9.18 Å². The van der Waals surface area contributed by atoms with Crippen LogP contribution < -0.4 is 0 Å². The summed E-state index contributed by atoms with van der Waals surface area (Å²) in [6.07, 6.45) is -0.877. The van der Waals surface area contributed by atoms with Gasteiger partial charge in [-0.3, -0.25) is 4.90 Å². The maximum atomic E-state index is 13.5. The van der Waals surface area contributed by atoms with Gasteiger partial charge in [-0.05, 0) is 24.6 Å². The molecule has 0 aliphatic carbocycles. The van der Waals surface area contributed by atoms with Crippen molar-refractivity contribution in [2.45, 2.75) is 6.92 Å². The van der Waals surface area contributed by atoms with Crippen molar-refractivity contribution in [3.05, 3.63) is 35.1 Å². The van der Waals surface area contributed by atoms with E-state index < -0.39 is 6.09 Å². The van der Waals surface area contributed by atoms with Crippen molar-refractivity contribution >= 4 is 6.09 Å². The van der Waals surface area contributed by atoms with Gasteiger partial charge < -0.3 is 10.0 Å². The molecule has 106 valence electrons. The van der Waals surface area contributed by atoms with E-state index in [-0.39, 0.29) is 5.82 Å². The van der Waals surface area contributed by atoms with Gasteiger partial charge in [0.25, 0.3) is 0 Å². The smallest absolute Gasteiger partial charge is 0.407 e. The zero-order valence-corrected chi connectivity index (χ0v) is 11.4. The lowest BCUT2D eigenvalue weighted by atomic mass is 10.1. The molecule has 1 N–H and O–H groups in total. The number of benzene rings is 1. The van der Waals surface area contributed by atoms with Crippen LogP contribution in [0.4, 0.5) is 9.18 Å². The summed E-state index contributed by atoms with van der Waals surface area (Å²) in [6, 6.07) is 4.86. The molecule has 1 saturated heterocycles. The minimum atomic E-state index is -0.877. The summed E-state index contributed by atoms with van der Waals surface area (Å²) in [4.78, 5) is 14.2. The van der Waals surface area contributed by atoms with Crippen LogP contribution in [0.15, 0.2) is 18.2 Å². The molecule has 4 nitrogen and oxygen atoms in total. The normalized spacial score (nSPS) is 15.6. The minimum Gasteiger partial charge on any atom is -0.465 e. The lowest BCUT2D eigenvalue weighted by molar-refractivity contribution is 0.111. The number of hydrogen-bond donors (Lipinski definition) is 1. The first kappa shape index (κ1) is 14.4. The molecule has 0 spiro atoms. The molecule has 20 heavy (non-hydrogen) atoms. The molecule has 2 rings (SSSR count). The largest absolute Gasteiger partial charge is 0.465 e. The van der Waals surface area contributed by atoms with E-state index in [0.717, 1.165) is 5.56 Å². The summed E-state index contributed by atoms with van der Waals surface area (Å²) in [6.45, 7) is 4.75. The van der Waals surface area contributed by atoms with Crippen LogP contribution in [-0.2, 0) is 0 Å². The minimum absolute atomic E-state index is 0.307. The zero-order chi connectivity index (χ0) is 14.5. The van der Waals surface area contributed by atoms with Gasteiger partial charge in [-0.25, -0.2) is 9.18 Å². The van der Waals surface area contributed by atoms with E-state index >= 15 is 0 Å². The van der Waals surface area contributed by atoms with Gasteiger partial charge in [-0.2, -0.15) is 0 Å². The van der Waals surface area contributed by atoms with E-state index in [1.165, 1.54) is 11.0 Å². The fourth-order valence-electron chi connectivity index (χ4n) is 2.08. The molecule has 1 amide bonds. The van der Waals surface area contributed by atoms with Crippen molar-refractivity contribution < 1.29 is 14.3 Å². The highest BCUT2D eigenvalue weighted by Crippen LogP contribution is 2.08. The highest BCUT2D eigenvalue weighted by molar-refractivity contribution is 5.65. The molecular weight excluding hydrogens is 259 g/mol. The summed E-state index contributed by atoms with van der Waals surface area (Å²) in [7, 11) is 0. The molecule has 0 unspecified atom stereocenters. The molecule has 0 atom stereocenters. The Morgan fingerprint density at radius 1 is 1.35 bits per heavy atom. The molecule has 0 saturated carbocycles. The second-order valence-corrected chi connectivity index (χ2v) is 4.83. The predicted molar refractivity (Wildman–Crippen MR) is 74.1 cm³/mol.